The smallest absolute Gasteiger partial charge is 0.160 e. The Bertz CT molecular complexity index is 8100. The molecule has 0 unspecified atom stereocenters. The van der Waals surface area contributed by atoms with E-state index in [1.807, 2.05) is 0 Å². The number of hydrogen-bond donors (Lipinski definition) is 0. The Morgan fingerprint density at radius 2 is 0.500 bits per heavy atom. The van der Waals surface area contributed by atoms with Gasteiger partial charge in [-0.05, 0) is 188 Å². The first kappa shape index (κ1) is 63.7. The topological polar surface area (TPSA) is 46.0 Å². The molecule has 530 valence electrons. The molecule has 0 atom stereocenters. The molecule has 0 saturated heterocycles. The number of nitrogens with zero attached hydrogens (tertiary/aromatic N) is 4. The molecule has 0 aliphatic rings. The number of aromatic nitrogens is 4. The fraction of sp³-hybridized carbons (Fsp3) is 0. The molecule has 0 spiro atoms. The average molecular weight is 1450 g/mol. The van der Waals surface area contributed by atoms with Gasteiger partial charge in [0.15, 0.2) is 11.2 Å². The van der Waals surface area contributed by atoms with Gasteiger partial charge >= 0.3 is 0 Å². The number of hydrogen-bond acceptors (Lipinski definition) is 2. The van der Waals surface area contributed by atoms with Crippen LogP contribution in [-0.2, 0) is 0 Å². The largest absolute Gasteiger partial charge is 0.454 e. The molecular weight excluding hydrogens is 1390 g/mol. The Hall–Kier alpha value is -15.2. The highest BCUT2D eigenvalue weighted by Gasteiger charge is 2.26. The molecule has 0 amide bonds. The van der Waals surface area contributed by atoms with E-state index in [0.29, 0.717) is 0 Å². The minimum atomic E-state index is 0.842. The van der Waals surface area contributed by atoms with Gasteiger partial charge in [-0.1, -0.05) is 285 Å². The molecule has 0 N–H and O–H groups in total. The first-order chi connectivity index (χ1) is 56.5. The van der Waals surface area contributed by atoms with E-state index < -0.39 is 0 Å². The lowest BCUT2D eigenvalue weighted by atomic mass is 9.94. The van der Waals surface area contributed by atoms with Crippen molar-refractivity contribution in [1.82, 2.24) is 18.3 Å². The fourth-order valence-corrected chi connectivity index (χ4v) is 18.8. The second-order valence-electron chi connectivity index (χ2n) is 30.2. The van der Waals surface area contributed by atoms with Gasteiger partial charge in [0.05, 0.1) is 55.5 Å². The maximum atomic E-state index is 7.17. The summed E-state index contributed by atoms with van der Waals surface area (Å²) in [6.45, 7) is 0. The monoisotopic (exact) mass is 1450 g/mol. The highest BCUT2D eigenvalue weighted by molar-refractivity contribution is 6.21. The van der Waals surface area contributed by atoms with Crippen molar-refractivity contribution in [3.63, 3.8) is 0 Å². The van der Waals surface area contributed by atoms with E-state index in [9.17, 15) is 0 Å². The summed E-state index contributed by atoms with van der Waals surface area (Å²) in [6.07, 6.45) is 0. The maximum Gasteiger partial charge on any atom is 0.160 e. The second-order valence-corrected chi connectivity index (χ2v) is 30.2. The molecule has 0 fully saturated rings. The van der Waals surface area contributed by atoms with Gasteiger partial charge in [0, 0.05) is 81.6 Å². The minimum absolute atomic E-state index is 0.842. The zero-order chi connectivity index (χ0) is 74.6. The van der Waals surface area contributed by atoms with E-state index in [1.165, 1.54) is 65.3 Å². The lowest BCUT2D eigenvalue weighted by molar-refractivity contribution is 0.666. The maximum absolute atomic E-state index is 7.17. The van der Waals surface area contributed by atoms with Gasteiger partial charge in [0.25, 0.3) is 0 Å². The van der Waals surface area contributed by atoms with Crippen LogP contribution in [0.2, 0.25) is 0 Å². The number of furan rings is 2. The number of fused-ring (bicyclic) bond motifs is 18. The summed E-state index contributed by atoms with van der Waals surface area (Å²) >= 11 is 0. The Morgan fingerprint density at radius 1 is 0.167 bits per heavy atom. The number of benzene rings is 18. The molecule has 6 heteroatoms. The summed E-state index contributed by atoms with van der Waals surface area (Å²) < 4.78 is 24.0. The van der Waals surface area contributed by atoms with Crippen LogP contribution in [0.4, 0.5) is 0 Å². The first-order valence-electron chi connectivity index (χ1n) is 39.1. The van der Waals surface area contributed by atoms with Crippen molar-refractivity contribution < 1.29 is 8.83 Å². The Kier molecular flexibility index (Phi) is 14.0. The van der Waals surface area contributed by atoms with Crippen LogP contribution in [0.5, 0.6) is 0 Å². The van der Waals surface area contributed by atoms with Gasteiger partial charge in [0.1, 0.15) is 11.2 Å². The Morgan fingerprint density at radius 3 is 1.04 bits per heavy atom. The predicted molar refractivity (Wildman–Crippen MR) is 476 cm³/mol. The third-order valence-corrected chi connectivity index (χ3v) is 24.0. The van der Waals surface area contributed by atoms with Crippen molar-refractivity contribution in [1.29, 1.82) is 0 Å². The summed E-state index contributed by atoms with van der Waals surface area (Å²) in [5.41, 5.74) is 32.6. The normalized spacial score (nSPS) is 12.0. The van der Waals surface area contributed by atoms with Gasteiger partial charge in [-0.15, -0.1) is 0 Å². The molecule has 24 rings (SSSR count). The van der Waals surface area contributed by atoms with E-state index >= 15 is 0 Å². The van der Waals surface area contributed by atoms with Gasteiger partial charge < -0.3 is 27.1 Å². The van der Waals surface area contributed by atoms with Crippen molar-refractivity contribution in [3.8, 4) is 101 Å². The molecule has 0 aliphatic heterocycles. The van der Waals surface area contributed by atoms with Crippen LogP contribution >= 0.6 is 0 Å². The lowest BCUT2D eigenvalue weighted by Gasteiger charge is -2.14. The quantitative estimate of drug-likeness (QED) is 0.130. The van der Waals surface area contributed by atoms with Crippen molar-refractivity contribution in [2.45, 2.75) is 0 Å². The van der Waals surface area contributed by atoms with E-state index in [-0.39, 0.29) is 0 Å². The Labute approximate surface area is 655 Å². The molecule has 6 aromatic heterocycles. The van der Waals surface area contributed by atoms with E-state index in [1.54, 1.807) is 0 Å². The van der Waals surface area contributed by atoms with E-state index in [0.717, 1.165) is 166 Å². The first-order valence-corrected chi connectivity index (χ1v) is 39.1. The Balaban J connectivity index is 0.610. The molecular formula is C108H66N4O2. The van der Waals surface area contributed by atoms with Crippen LogP contribution in [0.1, 0.15) is 0 Å². The van der Waals surface area contributed by atoms with Crippen LogP contribution in [0.15, 0.2) is 409 Å². The molecule has 114 heavy (non-hydrogen) atoms. The molecule has 0 radical (unpaired) electrons. The molecule has 0 saturated carbocycles. The predicted octanol–water partition coefficient (Wildman–Crippen LogP) is 29.5. The molecule has 18 aromatic carbocycles. The molecule has 24 aromatic rings. The zero-order valence-corrected chi connectivity index (χ0v) is 61.7. The van der Waals surface area contributed by atoms with E-state index in [2.05, 4.69) is 419 Å². The number of rotatable bonds is 11. The van der Waals surface area contributed by atoms with Crippen molar-refractivity contribution in [2.75, 3.05) is 0 Å². The van der Waals surface area contributed by atoms with Crippen LogP contribution in [0, 0.1) is 0 Å². The molecule has 0 bridgehead atoms. The van der Waals surface area contributed by atoms with Crippen LogP contribution in [-0.4, -0.2) is 18.3 Å². The van der Waals surface area contributed by atoms with Gasteiger partial charge in [-0.2, -0.15) is 0 Å². The summed E-state index contributed by atoms with van der Waals surface area (Å²) in [5.74, 6) is 0. The third-order valence-electron chi connectivity index (χ3n) is 24.0. The molecule has 6 heterocycles. The highest BCUT2D eigenvalue weighted by Crippen LogP contribution is 2.49. The van der Waals surface area contributed by atoms with E-state index in [4.69, 9.17) is 8.83 Å². The average Bonchev–Trinajstić information content (AvgIpc) is 1.56. The van der Waals surface area contributed by atoms with Gasteiger partial charge in [-0.3, -0.25) is 0 Å². The standard InChI is InChI=1S/C108H66N4O2/c1-4-24-67(25-5-1)68-26-21-30-75(61-68)80-55-59-98(108-104(80)90-39-13-18-46-102(90)114-108)112-95-45-17-11-37-84(95)87-54-50-77(66-101(87)112)82-41-23-42-89-88-53-49-73(64-99(88)110(106(82)89)79-34-8-3-9-35-79)70-28-20-27-69(60-70)71-29-22-31-76(62-71)81-56-58-97(107-105(81)91-40-14-19-47-103(91)113-107)111-94-44-16-10-36-83(94)86-52-48-74(65-100(86)111)72-51-57-96-92(63-72)85-38-12-15-43-93(85)109(96)78-32-6-2-7-33-78/h1-66H. The van der Waals surface area contributed by atoms with Crippen LogP contribution < -0.4 is 0 Å². The lowest BCUT2D eigenvalue weighted by Crippen LogP contribution is -1.97. The third kappa shape index (κ3) is 9.74. The summed E-state index contributed by atoms with van der Waals surface area (Å²) in [6, 6.07) is 146. The second kappa shape index (κ2) is 25.2. The summed E-state index contributed by atoms with van der Waals surface area (Å²) in [4.78, 5) is 0. The molecule has 6 nitrogen and oxygen atoms in total. The zero-order valence-electron chi connectivity index (χ0n) is 61.7. The van der Waals surface area contributed by atoms with Crippen molar-refractivity contribution >= 4 is 131 Å². The van der Waals surface area contributed by atoms with Crippen LogP contribution in [0.3, 0.4) is 0 Å². The van der Waals surface area contributed by atoms with Gasteiger partial charge in [-0.25, -0.2) is 0 Å². The summed E-state index contributed by atoms with van der Waals surface area (Å²) in [7, 11) is 0. The van der Waals surface area contributed by atoms with Crippen molar-refractivity contribution in [3.05, 3.63) is 400 Å². The van der Waals surface area contributed by atoms with Gasteiger partial charge in [0.2, 0.25) is 0 Å². The summed E-state index contributed by atoms with van der Waals surface area (Å²) in [5, 5.41) is 13.9. The fourth-order valence-electron chi connectivity index (χ4n) is 18.8. The van der Waals surface area contributed by atoms with Crippen LogP contribution in [0.25, 0.3) is 232 Å². The number of para-hydroxylation sites is 8. The van der Waals surface area contributed by atoms with Crippen molar-refractivity contribution in [2.24, 2.45) is 0 Å². The SMILES string of the molecule is c1ccc(-c2cccc(-c3ccc(-n4c5ccccc5c5ccc(-c6cccc7c8ccc(-c9cccc(-c%10cccc(-c%11ccc(-n%12c%13ccccc%13c%13ccc(-c%14ccc%15c(c%14)c%14ccccc%14n%15-c%14ccccc%14)cc%13%12)c%12oc%13ccccc%13c%11%12)c%10)c9)cc8n(-c8ccccc8)c67)cc54)c4oc5ccccc5c34)c2)cc1. The minimum Gasteiger partial charge on any atom is -0.454 e. The molecule has 0 aliphatic carbocycles. The highest BCUT2D eigenvalue weighted by atomic mass is 16.3.